The Hall–Kier alpha value is -1.26. The van der Waals surface area contributed by atoms with E-state index in [-0.39, 0.29) is 11.8 Å². The predicted molar refractivity (Wildman–Crippen MR) is 92.0 cm³/mol. The number of hydrogen-bond acceptors (Lipinski definition) is 2. The van der Waals surface area contributed by atoms with Crippen LogP contribution in [0.15, 0.2) is 24.3 Å². The lowest BCUT2D eigenvalue weighted by Crippen LogP contribution is -2.36. The van der Waals surface area contributed by atoms with Crippen molar-refractivity contribution >= 4 is 40.7 Å². The van der Waals surface area contributed by atoms with Gasteiger partial charge in [-0.1, -0.05) is 12.1 Å². The number of likely N-dealkylation sites (tertiary alicyclic amines) is 1. The van der Waals surface area contributed by atoms with E-state index in [4.69, 9.17) is 23.2 Å². The zero-order chi connectivity index (χ0) is 16.7. The number of para-hydroxylation sites is 1. The highest BCUT2D eigenvalue weighted by Gasteiger charge is 2.67. The highest BCUT2D eigenvalue weighted by molar-refractivity contribution is 6.53. The fourth-order valence-corrected chi connectivity index (χ4v) is 3.66. The topological polar surface area (TPSA) is 49.4 Å². The first-order valence-electron chi connectivity index (χ1n) is 7.93. The summed E-state index contributed by atoms with van der Waals surface area (Å²) < 4.78 is -1.02. The molecule has 3 rings (SSSR count). The molecular weight excluding hydrogens is 335 g/mol. The van der Waals surface area contributed by atoms with E-state index >= 15 is 0 Å². The monoisotopic (exact) mass is 354 g/mol. The van der Waals surface area contributed by atoms with Crippen LogP contribution in [-0.2, 0) is 4.79 Å². The fraction of sp³-hybridized carbons (Fsp3) is 0.529. The van der Waals surface area contributed by atoms with Gasteiger partial charge >= 0.3 is 0 Å². The van der Waals surface area contributed by atoms with E-state index in [9.17, 15) is 9.59 Å². The Kier molecular flexibility index (Phi) is 4.32. The number of amides is 2. The third-order valence-corrected chi connectivity index (χ3v) is 5.91. The molecule has 0 aromatic heterocycles. The molecular formula is C17H20Cl2N2O2. The predicted octanol–water partition coefficient (Wildman–Crippen LogP) is 3.84. The lowest BCUT2D eigenvalue weighted by molar-refractivity contribution is -0.120. The molecule has 1 aromatic rings. The maximum atomic E-state index is 12.7. The molecule has 6 heteroatoms. The normalized spacial score (nSPS) is 25.8. The standard InChI is InChI=1S/C17H20Cl2N2O2/c1-16(11-17(16,18)19)15(23)20-13-8-4-3-7-12(13)14(22)21-9-5-2-6-10-21/h3-4,7-8H,2,5-6,9-11H2,1H3,(H,20,23)/t16-/m1/s1. The van der Waals surface area contributed by atoms with Gasteiger partial charge in [0.1, 0.15) is 4.33 Å². The minimum atomic E-state index is -1.02. The SMILES string of the molecule is C[C@]1(C(=O)Nc2ccccc2C(=O)N2CCCCC2)CC1(Cl)Cl. The number of halogens is 2. The Labute approximate surface area is 146 Å². The summed E-state index contributed by atoms with van der Waals surface area (Å²) in [6.45, 7) is 3.27. The molecule has 1 aliphatic carbocycles. The van der Waals surface area contributed by atoms with Gasteiger partial charge in [-0.3, -0.25) is 9.59 Å². The van der Waals surface area contributed by atoms with Gasteiger partial charge in [0, 0.05) is 13.1 Å². The van der Waals surface area contributed by atoms with Crippen LogP contribution >= 0.6 is 23.2 Å². The van der Waals surface area contributed by atoms with Crippen LogP contribution in [0.3, 0.4) is 0 Å². The molecule has 1 aromatic carbocycles. The number of hydrogen-bond donors (Lipinski definition) is 1. The third kappa shape index (κ3) is 3.07. The first-order valence-corrected chi connectivity index (χ1v) is 8.68. The van der Waals surface area contributed by atoms with E-state index < -0.39 is 9.75 Å². The Balaban J connectivity index is 1.78. The first-order chi connectivity index (χ1) is 10.8. The van der Waals surface area contributed by atoms with Crippen molar-refractivity contribution in [2.24, 2.45) is 5.41 Å². The fourth-order valence-electron chi connectivity index (χ4n) is 2.95. The summed E-state index contributed by atoms with van der Waals surface area (Å²) in [4.78, 5) is 27.0. The highest BCUT2D eigenvalue weighted by Crippen LogP contribution is 2.64. The van der Waals surface area contributed by atoms with Gasteiger partial charge < -0.3 is 10.2 Å². The molecule has 1 N–H and O–H groups in total. The molecule has 2 fully saturated rings. The molecule has 4 nitrogen and oxygen atoms in total. The van der Waals surface area contributed by atoms with Crippen LogP contribution in [0.5, 0.6) is 0 Å². The maximum absolute atomic E-state index is 12.7. The average molecular weight is 355 g/mol. The van der Waals surface area contributed by atoms with Gasteiger partial charge in [0.05, 0.1) is 16.7 Å². The van der Waals surface area contributed by atoms with Crippen LogP contribution in [0.25, 0.3) is 0 Å². The summed E-state index contributed by atoms with van der Waals surface area (Å²) in [6.07, 6.45) is 3.63. The highest BCUT2D eigenvalue weighted by atomic mass is 35.5. The zero-order valence-corrected chi connectivity index (χ0v) is 14.6. The molecule has 1 saturated heterocycles. The number of carbonyl (C=O) groups is 2. The van der Waals surface area contributed by atoms with E-state index in [1.165, 1.54) is 0 Å². The summed E-state index contributed by atoms with van der Waals surface area (Å²) in [5.41, 5.74) is 0.226. The summed E-state index contributed by atoms with van der Waals surface area (Å²) in [5.74, 6) is -0.286. The number of anilines is 1. The second-order valence-electron chi connectivity index (χ2n) is 6.57. The van der Waals surface area contributed by atoms with Crippen molar-refractivity contribution in [1.82, 2.24) is 4.90 Å². The smallest absolute Gasteiger partial charge is 0.255 e. The molecule has 2 aliphatic rings. The van der Waals surface area contributed by atoms with Gasteiger partial charge in [0.15, 0.2) is 0 Å². The quantitative estimate of drug-likeness (QED) is 0.838. The van der Waals surface area contributed by atoms with Gasteiger partial charge in [-0.05, 0) is 44.7 Å². The largest absolute Gasteiger partial charge is 0.339 e. The number of nitrogens with zero attached hydrogens (tertiary/aromatic N) is 1. The molecule has 1 saturated carbocycles. The lowest BCUT2D eigenvalue weighted by atomic mass is 10.1. The third-order valence-electron chi connectivity index (χ3n) is 4.81. The first kappa shape index (κ1) is 16.6. The Morgan fingerprint density at radius 1 is 1.13 bits per heavy atom. The van der Waals surface area contributed by atoms with Crippen molar-refractivity contribution in [3.8, 4) is 0 Å². The van der Waals surface area contributed by atoms with Gasteiger partial charge in [-0.2, -0.15) is 0 Å². The molecule has 0 spiro atoms. The number of piperidine rings is 1. The van der Waals surface area contributed by atoms with Gasteiger partial charge in [0.25, 0.3) is 5.91 Å². The molecule has 124 valence electrons. The van der Waals surface area contributed by atoms with Crippen molar-refractivity contribution in [3.63, 3.8) is 0 Å². The Bertz CT molecular complexity index is 641. The molecule has 2 amide bonds. The molecule has 0 bridgehead atoms. The minimum Gasteiger partial charge on any atom is -0.339 e. The van der Waals surface area contributed by atoms with Crippen LogP contribution in [0.2, 0.25) is 0 Å². The second-order valence-corrected chi connectivity index (χ2v) is 8.05. The van der Waals surface area contributed by atoms with Crippen LogP contribution in [-0.4, -0.2) is 34.1 Å². The van der Waals surface area contributed by atoms with E-state index in [0.717, 1.165) is 32.4 Å². The van der Waals surface area contributed by atoms with Gasteiger partial charge in [0.2, 0.25) is 5.91 Å². The molecule has 23 heavy (non-hydrogen) atoms. The van der Waals surface area contributed by atoms with Crippen LogP contribution in [0, 0.1) is 5.41 Å². The van der Waals surface area contributed by atoms with Crippen molar-refractivity contribution in [2.75, 3.05) is 18.4 Å². The number of carbonyl (C=O) groups excluding carboxylic acids is 2. The van der Waals surface area contributed by atoms with E-state index in [1.54, 1.807) is 31.2 Å². The van der Waals surface area contributed by atoms with Crippen molar-refractivity contribution in [1.29, 1.82) is 0 Å². The van der Waals surface area contributed by atoms with Gasteiger partial charge in [-0.25, -0.2) is 0 Å². The van der Waals surface area contributed by atoms with Crippen molar-refractivity contribution in [2.45, 2.75) is 36.9 Å². The Morgan fingerprint density at radius 3 is 2.35 bits per heavy atom. The Morgan fingerprint density at radius 2 is 1.74 bits per heavy atom. The zero-order valence-electron chi connectivity index (χ0n) is 13.1. The summed E-state index contributed by atoms with van der Waals surface area (Å²) >= 11 is 12.1. The molecule has 0 unspecified atom stereocenters. The maximum Gasteiger partial charge on any atom is 0.255 e. The second kappa shape index (κ2) is 5.99. The number of nitrogens with one attached hydrogen (secondary N) is 1. The number of rotatable bonds is 3. The summed E-state index contributed by atoms with van der Waals surface area (Å²) in [5, 5.41) is 2.83. The van der Waals surface area contributed by atoms with Crippen molar-refractivity contribution < 1.29 is 9.59 Å². The lowest BCUT2D eigenvalue weighted by Gasteiger charge is -2.27. The summed E-state index contributed by atoms with van der Waals surface area (Å²) in [7, 11) is 0. The van der Waals surface area contributed by atoms with Gasteiger partial charge in [-0.15, -0.1) is 23.2 Å². The number of benzene rings is 1. The van der Waals surface area contributed by atoms with Crippen LogP contribution in [0.4, 0.5) is 5.69 Å². The molecule has 1 aliphatic heterocycles. The molecule has 1 heterocycles. The summed E-state index contributed by atoms with van der Waals surface area (Å²) in [6, 6.07) is 7.09. The average Bonchev–Trinajstić information content (AvgIpc) is 3.08. The van der Waals surface area contributed by atoms with Crippen LogP contribution in [0.1, 0.15) is 43.0 Å². The van der Waals surface area contributed by atoms with E-state index in [1.807, 2.05) is 4.90 Å². The van der Waals surface area contributed by atoms with Crippen LogP contribution < -0.4 is 5.32 Å². The molecule has 0 radical (unpaired) electrons. The van der Waals surface area contributed by atoms with E-state index in [0.29, 0.717) is 17.7 Å². The van der Waals surface area contributed by atoms with Crippen molar-refractivity contribution in [3.05, 3.63) is 29.8 Å². The molecule has 1 atom stereocenters. The van der Waals surface area contributed by atoms with E-state index in [2.05, 4.69) is 5.32 Å². The minimum absolute atomic E-state index is 0.0374. The number of alkyl halides is 2.